The molecule has 0 aromatic heterocycles. The third-order valence-electron chi connectivity index (χ3n) is 5.62. The van der Waals surface area contributed by atoms with Crippen LogP contribution in [0.15, 0.2) is 35.4 Å². The highest BCUT2D eigenvalue weighted by molar-refractivity contribution is 6.30. The minimum atomic E-state index is -1.63. The second-order valence-corrected chi connectivity index (χ2v) is 7.09. The predicted molar refractivity (Wildman–Crippen MR) is 97.3 cm³/mol. The van der Waals surface area contributed by atoms with E-state index in [4.69, 9.17) is 4.74 Å². The molecule has 0 bridgehead atoms. The Morgan fingerprint density at radius 3 is 2.59 bits per heavy atom. The minimum absolute atomic E-state index is 0.0379. The molecule has 2 aromatic carbocycles. The number of phenolic OH excluding ortho intramolecular Hbond substituents is 1. The van der Waals surface area contributed by atoms with Crippen molar-refractivity contribution in [3.8, 4) is 11.5 Å². The molecule has 0 saturated carbocycles. The number of carbonyl (C=O) groups excluding carboxylic acids is 3. The van der Waals surface area contributed by atoms with Gasteiger partial charge in [0.2, 0.25) is 0 Å². The largest absolute Gasteiger partial charge is 0.506 e. The van der Waals surface area contributed by atoms with Crippen LogP contribution in [0.2, 0.25) is 0 Å². The van der Waals surface area contributed by atoms with Gasteiger partial charge >= 0.3 is 0 Å². The van der Waals surface area contributed by atoms with Gasteiger partial charge in [-0.15, -0.1) is 0 Å². The summed E-state index contributed by atoms with van der Waals surface area (Å²) in [7, 11) is 1.46. The van der Waals surface area contributed by atoms with Crippen molar-refractivity contribution >= 4 is 28.1 Å². The summed E-state index contributed by atoms with van der Waals surface area (Å²) in [6.45, 7) is 1.28. The van der Waals surface area contributed by atoms with Crippen LogP contribution >= 0.6 is 0 Å². The smallest absolute Gasteiger partial charge is 0.193 e. The molecule has 27 heavy (non-hydrogen) atoms. The molecule has 6 nitrogen and oxygen atoms in total. The van der Waals surface area contributed by atoms with Gasteiger partial charge in [-0.05, 0) is 37.3 Å². The van der Waals surface area contributed by atoms with Crippen LogP contribution in [0.5, 0.6) is 11.5 Å². The number of ketones is 3. The highest BCUT2D eigenvalue weighted by Crippen LogP contribution is 2.45. The summed E-state index contributed by atoms with van der Waals surface area (Å²) in [5.41, 5.74) is -1.15. The number of ether oxygens (including phenoxy) is 1. The van der Waals surface area contributed by atoms with Gasteiger partial charge in [0.25, 0.3) is 0 Å². The van der Waals surface area contributed by atoms with Gasteiger partial charge in [-0.2, -0.15) is 0 Å². The molecule has 4 rings (SSSR count). The van der Waals surface area contributed by atoms with Gasteiger partial charge in [-0.1, -0.05) is 12.1 Å². The number of rotatable bonds is 2. The molecule has 2 aliphatic rings. The number of hydrogen-bond donors (Lipinski definition) is 2. The van der Waals surface area contributed by atoms with Crippen LogP contribution in [0, 0.1) is 0 Å². The molecule has 2 aliphatic carbocycles. The number of Topliss-reactive ketones (excluding diaryl/α,β-unsaturated/α-hetero) is 3. The molecule has 2 N–H and O–H groups in total. The summed E-state index contributed by atoms with van der Waals surface area (Å²) < 4.78 is 5.28. The molecule has 0 fully saturated rings. The Kier molecular flexibility index (Phi) is 3.71. The van der Waals surface area contributed by atoms with E-state index in [2.05, 4.69) is 0 Å². The van der Waals surface area contributed by atoms with E-state index in [9.17, 15) is 24.6 Å². The van der Waals surface area contributed by atoms with Gasteiger partial charge in [-0.3, -0.25) is 14.4 Å². The van der Waals surface area contributed by atoms with Crippen LogP contribution in [-0.2, 0) is 4.79 Å². The summed E-state index contributed by atoms with van der Waals surface area (Å²) in [5.74, 6) is -1.17. The van der Waals surface area contributed by atoms with Crippen LogP contribution in [-0.4, -0.2) is 40.3 Å². The average molecular weight is 366 g/mol. The summed E-state index contributed by atoms with van der Waals surface area (Å²) >= 11 is 0. The van der Waals surface area contributed by atoms with E-state index >= 15 is 0 Å². The summed E-state index contributed by atoms with van der Waals surface area (Å²) in [6, 6.07) is 6.66. The van der Waals surface area contributed by atoms with Crippen LogP contribution in [0.4, 0.5) is 0 Å². The van der Waals surface area contributed by atoms with Crippen molar-refractivity contribution in [1.82, 2.24) is 0 Å². The lowest BCUT2D eigenvalue weighted by atomic mass is 9.70. The molecule has 6 heteroatoms. The Hall–Kier alpha value is -2.99. The van der Waals surface area contributed by atoms with E-state index in [-0.39, 0.29) is 47.3 Å². The van der Waals surface area contributed by atoms with Crippen LogP contribution in [0.1, 0.15) is 46.9 Å². The van der Waals surface area contributed by atoms with E-state index in [1.54, 1.807) is 24.3 Å². The SMILES string of the molecule is COc1cccc2cc3c(c(O)c12)C(=O)C1=C(C[C@@](O)(C(C)=O)CC1)C3=O. The minimum Gasteiger partial charge on any atom is -0.506 e. The van der Waals surface area contributed by atoms with Gasteiger partial charge in [0.05, 0.1) is 18.1 Å². The zero-order chi connectivity index (χ0) is 19.5. The first kappa shape index (κ1) is 17.4. The number of allylic oxidation sites excluding steroid dienone is 1. The van der Waals surface area contributed by atoms with Crippen molar-refractivity contribution in [1.29, 1.82) is 0 Å². The first-order valence-corrected chi connectivity index (χ1v) is 8.66. The second kappa shape index (κ2) is 5.76. The fourth-order valence-corrected chi connectivity index (χ4v) is 4.03. The number of aromatic hydroxyl groups is 1. The standard InChI is InChI=1S/C21H18O6/c1-10(22)21(26)7-6-12-14(9-21)18(23)13-8-11-4-3-5-15(27-2)16(11)20(25)17(13)19(12)24/h3-5,8,25-26H,6-7,9H2,1-2H3/t21-/m1/s1. The van der Waals surface area contributed by atoms with E-state index in [1.165, 1.54) is 14.0 Å². The molecule has 138 valence electrons. The summed E-state index contributed by atoms with van der Waals surface area (Å²) in [5, 5.41) is 22.3. The summed E-state index contributed by atoms with van der Waals surface area (Å²) in [6.07, 6.45) is 0.00457. The van der Waals surface area contributed by atoms with Crippen LogP contribution in [0.25, 0.3) is 10.8 Å². The maximum Gasteiger partial charge on any atom is 0.193 e. The van der Waals surface area contributed by atoms with Gasteiger partial charge in [0.1, 0.15) is 17.1 Å². The first-order valence-electron chi connectivity index (χ1n) is 8.66. The molecule has 0 saturated heterocycles. The van der Waals surface area contributed by atoms with E-state index in [0.717, 1.165) is 0 Å². The van der Waals surface area contributed by atoms with Crippen molar-refractivity contribution in [2.24, 2.45) is 0 Å². The molecule has 0 heterocycles. The van der Waals surface area contributed by atoms with Gasteiger partial charge in [0, 0.05) is 23.1 Å². The fraction of sp³-hybridized carbons (Fsp3) is 0.286. The highest BCUT2D eigenvalue weighted by Gasteiger charge is 2.45. The quantitative estimate of drug-likeness (QED) is 0.848. The van der Waals surface area contributed by atoms with Gasteiger partial charge in [0.15, 0.2) is 17.3 Å². The van der Waals surface area contributed by atoms with Crippen LogP contribution < -0.4 is 4.74 Å². The molecule has 0 radical (unpaired) electrons. The molecule has 0 unspecified atom stereocenters. The second-order valence-electron chi connectivity index (χ2n) is 7.09. The normalized spacial score (nSPS) is 21.9. The Labute approximate surface area is 155 Å². The van der Waals surface area contributed by atoms with Gasteiger partial charge in [-0.25, -0.2) is 0 Å². The zero-order valence-electron chi connectivity index (χ0n) is 15.0. The lowest BCUT2D eigenvalue weighted by molar-refractivity contribution is -0.136. The molecule has 1 atom stereocenters. The lowest BCUT2D eigenvalue weighted by Crippen LogP contribution is -2.42. The maximum absolute atomic E-state index is 13.1. The zero-order valence-corrected chi connectivity index (χ0v) is 15.0. The Morgan fingerprint density at radius 1 is 1.19 bits per heavy atom. The third kappa shape index (κ3) is 2.33. The number of carbonyl (C=O) groups is 3. The highest BCUT2D eigenvalue weighted by atomic mass is 16.5. The predicted octanol–water partition coefficient (Wildman–Crippen LogP) is 2.73. The van der Waals surface area contributed by atoms with Gasteiger partial charge < -0.3 is 14.9 Å². The van der Waals surface area contributed by atoms with Crippen molar-refractivity contribution in [2.75, 3.05) is 7.11 Å². The molecule has 2 aromatic rings. The molecule has 0 amide bonds. The molecular weight excluding hydrogens is 348 g/mol. The Bertz CT molecular complexity index is 1080. The third-order valence-corrected chi connectivity index (χ3v) is 5.62. The first-order chi connectivity index (χ1) is 12.8. The molecule has 0 aliphatic heterocycles. The number of phenols is 1. The topological polar surface area (TPSA) is 101 Å². The van der Waals surface area contributed by atoms with Crippen molar-refractivity contribution in [3.05, 3.63) is 46.5 Å². The van der Waals surface area contributed by atoms with E-state index in [0.29, 0.717) is 16.5 Å². The number of fused-ring (bicyclic) bond motifs is 2. The monoisotopic (exact) mass is 366 g/mol. The fourth-order valence-electron chi connectivity index (χ4n) is 4.03. The van der Waals surface area contributed by atoms with E-state index < -0.39 is 23.0 Å². The van der Waals surface area contributed by atoms with Crippen molar-refractivity contribution < 1.29 is 29.3 Å². The number of aliphatic hydroxyl groups is 1. The number of methoxy groups -OCH3 is 1. The van der Waals surface area contributed by atoms with Crippen molar-refractivity contribution in [3.63, 3.8) is 0 Å². The Morgan fingerprint density at radius 2 is 1.93 bits per heavy atom. The lowest BCUT2D eigenvalue weighted by Gasteiger charge is -2.34. The Balaban J connectivity index is 1.96. The average Bonchev–Trinajstić information content (AvgIpc) is 2.65. The van der Waals surface area contributed by atoms with Crippen LogP contribution in [0.3, 0.4) is 0 Å². The van der Waals surface area contributed by atoms with E-state index in [1.807, 2.05) is 0 Å². The number of benzene rings is 2. The molecule has 0 spiro atoms. The maximum atomic E-state index is 13.1. The summed E-state index contributed by atoms with van der Waals surface area (Å²) in [4.78, 5) is 38.0. The molecular formula is C21H18O6. The van der Waals surface area contributed by atoms with Crippen molar-refractivity contribution in [2.45, 2.75) is 31.8 Å². The number of hydrogen-bond acceptors (Lipinski definition) is 6.